The van der Waals surface area contributed by atoms with Crippen molar-refractivity contribution >= 4 is 23.9 Å². The molecule has 3 rings (SSSR count). The van der Waals surface area contributed by atoms with Gasteiger partial charge in [-0.3, -0.25) is 14.5 Å². The van der Waals surface area contributed by atoms with Crippen LogP contribution in [0.2, 0.25) is 0 Å². The zero-order valence-electron chi connectivity index (χ0n) is 15.8. The highest BCUT2D eigenvalue weighted by Crippen LogP contribution is 2.47. The van der Waals surface area contributed by atoms with Crippen LogP contribution < -0.4 is 0 Å². The highest BCUT2D eigenvalue weighted by atomic mass is 17.0. The molecule has 0 aromatic carbocycles. The quantitative estimate of drug-likeness (QED) is 0.427. The van der Waals surface area contributed by atoms with Crippen LogP contribution >= 0.6 is 0 Å². The van der Waals surface area contributed by atoms with Crippen molar-refractivity contribution < 1.29 is 52.3 Å². The molecule has 0 bridgehead atoms. The summed E-state index contributed by atoms with van der Waals surface area (Å²) < 4.78 is 23.8. The minimum absolute atomic E-state index is 0.0998. The van der Waals surface area contributed by atoms with E-state index in [1.165, 1.54) is 0 Å². The number of carbonyl (C=O) groups is 4. The number of carbonyl (C=O) groups excluding carboxylic acids is 4. The van der Waals surface area contributed by atoms with Crippen molar-refractivity contribution in [3.63, 3.8) is 0 Å². The number of ether oxygens (including phenoxy) is 4. The summed E-state index contributed by atoms with van der Waals surface area (Å²) in [7, 11) is 4.52. The minimum atomic E-state index is -1.40. The predicted octanol–water partition coefficient (Wildman–Crippen LogP) is -1.02. The van der Waals surface area contributed by atoms with Crippen LogP contribution in [0.4, 0.5) is 0 Å². The van der Waals surface area contributed by atoms with E-state index in [-0.39, 0.29) is 11.3 Å². The number of esters is 4. The first-order valence-corrected chi connectivity index (χ1v) is 8.28. The third kappa shape index (κ3) is 3.32. The van der Waals surface area contributed by atoms with Gasteiger partial charge in [-0.15, -0.1) is 0 Å². The maximum Gasteiger partial charge on any atom is 0.360 e. The Labute approximate surface area is 163 Å². The second-order valence-corrected chi connectivity index (χ2v) is 6.06. The van der Waals surface area contributed by atoms with E-state index in [0.717, 1.165) is 39.9 Å². The summed E-state index contributed by atoms with van der Waals surface area (Å²) >= 11 is 0. The Morgan fingerprint density at radius 2 is 1.48 bits per heavy atom. The van der Waals surface area contributed by atoms with E-state index in [0.29, 0.717) is 0 Å². The third-order valence-corrected chi connectivity index (χ3v) is 4.74. The van der Waals surface area contributed by atoms with Crippen molar-refractivity contribution in [1.82, 2.24) is 10.4 Å². The fourth-order valence-corrected chi connectivity index (χ4v) is 3.45. The van der Waals surface area contributed by atoms with Gasteiger partial charge in [0.05, 0.1) is 40.4 Å². The van der Waals surface area contributed by atoms with Crippen LogP contribution in [0.5, 0.6) is 0 Å². The fraction of sp³-hybridized carbons (Fsp3) is 0.562. The van der Waals surface area contributed by atoms with Gasteiger partial charge in [0.2, 0.25) is 0 Å². The number of methoxy groups -OCH3 is 4. The lowest BCUT2D eigenvalue weighted by atomic mass is 9.79. The van der Waals surface area contributed by atoms with Gasteiger partial charge in [-0.25, -0.2) is 14.4 Å². The first kappa shape index (κ1) is 20.7. The Hall–Kier alpha value is -3.03. The van der Waals surface area contributed by atoms with E-state index in [4.69, 9.17) is 23.7 Å². The van der Waals surface area contributed by atoms with Gasteiger partial charge in [0.15, 0.2) is 17.9 Å². The van der Waals surface area contributed by atoms with Crippen molar-refractivity contribution in [3.8, 4) is 0 Å². The average molecular weight is 414 g/mol. The van der Waals surface area contributed by atoms with Gasteiger partial charge in [0, 0.05) is 5.56 Å². The van der Waals surface area contributed by atoms with Crippen LogP contribution in [0.25, 0.3) is 0 Å². The summed E-state index contributed by atoms with van der Waals surface area (Å²) in [6.45, 7) is 0. The third-order valence-electron chi connectivity index (χ3n) is 4.74. The Bertz CT molecular complexity index is 822. The largest absolute Gasteiger partial charge is 0.469 e. The van der Waals surface area contributed by atoms with E-state index >= 15 is 0 Å². The lowest BCUT2D eigenvalue weighted by Gasteiger charge is -2.23. The molecule has 13 heteroatoms. The first-order valence-electron chi connectivity index (χ1n) is 8.28. The molecule has 0 radical (unpaired) electrons. The van der Waals surface area contributed by atoms with Crippen LogP contribution in [0.15, 0.2) is 10.8 Å². The molecule has 0 saturated carbocycles. The van der Waals surface area contributed by atoms with E-state index < -0.39 is 54.0 Å². The van der Waals surface area contributed by atoms with Gasteiger partial charge in [-0.05, 0) is 0 Å². The minimum Gasteiger partial charge on any atom is -0.469 e. The Morgan fingerprint density at radius 1 is 0.897 bits per heavy atom. The summed E-state index contributed by atoms with van der Waals surface area (Å²) in [5.41, 5.74) is -0.134. The second-order valence-electron chi connectivity index (χ2n) is 6.06. The number of fused-ring (bicyclic) bond motifs is 1. The van der Waals surface area contributed by atoms with Gasteiger partial charge in [0.1, 0.15) is 12.2 Å². The maximum atomic E-state index is 12.5. The molecule has 158 valence electrons. The number of hydrogen-bond donors (Lipinski definition) is 0. The van der Waals surface area contributed by atoms with Crippen molar-refractivity contribution in [3.05, 3.63) is 17.5 Å². The first-order chi connectivity index (χ1) is 13.9. The highest BCUT2D eigenvalue weighted by Gasteiger charge is 2.64. The second kappa shape index (κ2) is 8.14. The molecular weight excluding hydrogens is 396 g/mol. The molecule has 2 fully saturated rings. The molecule has 0 aliphatic carbocycles. The number of nitrogens with zero attached hydrogens (tertiary/aromatic N) is 2. The summed E-state index contributed by atoms with van der Waals surface area (Å²) in [6.07, 6.45) is -1.63. The number of hydrogen-bond acceptors (Lipinski definition) is 13. The standard InChI is InChI=1S/C16H18N2O11/c1-23-13(19)8-10-7(6-5-27-17-9(6)14(20)24-2)11(15(21)25-3)28-18(10)29-12(8)16(22)26-4/h5,7-8,10-12H,1-4H3/t7-,8-,10-,11+,12-/m0/s1. The number of hydroxylamine groups is 2. The molecule has 29 heavy (non-hydrogen) atoms. The molecular formula is C16H18N2O11. The monoisotopic (exact) mass is 414 g/mol. The molecule has 5 atom stereocenters. The van der Waals surface area contributed by atoms with Gasteiger partial charge in [0.25, 0.3) is 0 Å². The molecule has 0 unspecified atom stereocenters. The zero-order valence-corrected chi connectivity index (χ0v) is 15.8. The number of rotatable bonds is 5. The molecule has 2 aliphatic heterocycles. The SMILES string of the molecule is COC(=O)c1nocc1[C@H]1[C@H]2[C@H](C(=O)OC)[C@@H](C(=O)OC)ON2O[C@H]1C(=O)OC. The molecule has 0 N–H and O–H groups in total. The van der Waals surface area contributed by atoms with E-state index in [9.17, 15) is 19.2 Å². The van der Waals surface area contributed by atoms with Gasteiger partial charge in [-0.2, -0.15) is 0 Å². The van der Waals surface area contributed by atoms with Crippen LogP contribution in [-0.4, -0.2) is 80.9 Å². The van der Waals surface area contributed by atoms with Crippen LogP contribution in [0.3, 0.4) is 0 Å². The summed E-state index contributed by atoms with van der Waals surface area (Å²) in [5.74, 6) is -5.64. The molecule has 0 amide bonds. The lowest BCUT2D eigenvalue weighted by Crippen LogP contribution is -2.42. The molecule has 1 aromatic rings. The maximum absolute atomic E-state index is 12.5. The summed E-state index contributed by atoms with van der Waals surface area (Å²) in [5, 5.41) is 4.44. The van der Waals surface area contributed by atoms with Crippen LogP contribution in [0, 0.1) is 5.92 Å². The van der Waals surface area contributed by atoms with E-state index in [1.54, 1.807) is 0 Å². The molecule has 2 aliphatic rings. The summed E-state index contributed by atoms with van der Waals surface area (Å²) in [6, 6.07) is -1.07. The molecule has 13 nitrogen and oxygen atoms in total. The van der Waals surface area contributed by atoms with Crippen LogP contribution in [0.1, 0.15) is 22.0 Å². The molecule has 2 saturated heterocycles. The van der Waals surface area contributed by atoms with Crippen molar-refractivity contribution in [2.24, 2.45) is 5.92 Å². The molecule has 1 aromatic heterocycles. The Balaban J connectivity index is 2.10. The zero-order chi connectivity index (χ0) is 21.3. The van der Waals surface area contributed by atoms with Gasteiger partial charge < -0.3 is 23.5 Å². The average Bonchev–Trinajstić information content (AvgIpc) is 3.44. The van der Waals surface area contributed by atoms with E-state index in [2.05, 4.69) is 14.6 Å². The lowest BCUT2D eigenvalue weighted by molar-refractivity contribution is -0.350. The fourth-order valence-electron chi connectivity index (χ4n) is 3.45. The van der Waals surface area contributed by atoms with Gasteiger partial charge >= 0.3 is 23.9 Å². The highest BCUT2D eigenvalue weighted by molar-refractivity contribution is 5.90. The smallest absolute Gasteiger partial charge is 0.360 e. The topological polar surface area (TPSA) is 153 Å². The molecule has 3 heterocycles. The van der Waals surface area contributed by atoms with Gasteiger partial charge in [-0.1, -0.05) is 10.4 Å². The summed E-state index contributed by atoms with van der Waals surface area (Å²) in [4.78, 5) is 59.9. The molecule has 0 spiro atoms. The normalized spacial score (nSPS) is 28.5. The predicted molar refractivity (Wildman–Crippen MR) is 85.5 cm³/mol. The number of aromatic nitrogens is 1. The van der Waals surface area contributed by atoms with Crippen molar-refractivity contribution in [1.29, 1.82) is 0 Å². The van der Waals surface area contributed by atoms with Crippen molar-refractivity contribution in [2.45, 2.75) is 24.2 Å². The van der Waals surface area contributed by atoms with Crippen molar-refractivity contribution in [2.75, 3.05) is 28.4 Å². The Morgan fingerprint density at radius 3 is 2.07 bits per heavy atom. The van der Waals surface area contributed by atoms with E-state index in [1.807, 2.05) is 0 Å². The Kier molecular flexibility index (Phi) is 5.81. The van der Waals surface area contributed by atoms with Crippen LogP contribution in [-0.2, 0) is 43.0 Å².